The number of hydrogen-bond donors (Lipinski definition) is 0. The van der Waals surface area contributed by atoms with E-state index in [0.29, 0.717) is 5.56 Å². The highest BCUT2D eigenvalue weighted by atomic mass is 35.5. The minimum Gasteiger partial charge on any atom is -0.275 e. The van der Waals surface area contributed by atoms with Gasteiger partial charge in [-0.2, -0.15) is 0 Å². The van der Waals surface area contributed by atoms with Crippen LogP contribution in [0.5, 0.6) is 0 Å². The number of hydrogen-bond acceptors (Lipinski definition) is 1. The molecule has 0 aliphatic rings. The molecule has 0 fully saturated rings. The van der Waals surface area contributed by atoms with Gasteiger partial charge in [0.2, 0.25) is 0 Å². The molecule has 2 aromatic rings. The van der Waals surface area contributed by atoms with E-state index in [1.165, 1.54) is 42.5 Å². The smallest absolute Gasteiger partial charge is 0.255 e. The molecule has 0 aromatic heterocycles. The van der Waals surface area contributed by atoms with Crippen LogP contribution in [0.4, 0.5) is 8.78 Å². The van der Waals surface area contributed by atoms with Crippen molar-refractivity contribution in [1.82, 2.24) is 0 Å². The summed E-state index contributed by atoms with van der Waals surface area (Å²) in [5.74, 6) is -1.10. The summed E-state index contributed by atoms with van der Waals surface area (Å²) in [6.07, 6.45) is 0. The van der Waals surface area contributed by atoms with E-state index >= 15 is 0 Å². The molecule has 0 N–H and O–H groups in total. The van der Waals surface area contributed by atoms with Gasteiger partial charge in [0.15, 0.2) is 0 Å². The zero-order valence-corrected chi connectivity index (χ0v) is 9.34. The summed E-state index contributed by atoms with van der Waals surface area (Å²) < 4.78 is 26.7. The Morgan fingerprint density at radius 2 is 1.65 bits per heavy atom. The summed E-state index contributed by atoms with van der Waals surface area (Å²) in [5, 5.41) is -0.855. The molecule has 0 spiro atoms. The van der Waals surface area contributed by atoms with Crippen LogP contribution in [0, 0.1) is 11.6 Å². The average Bonchev–Trinajstić information content (AvgIpc) is 2.30. The van der Waals surface area contributed by atoms with Crippen LogP contribution in [0.15, 0.2) is 42.5 Å². The number of benzene rings is 2. The molecule has 0 aliphatic carbocycles. The van der Waals surface area contributed by atoms with E-state index in [2.05, 4.69) is 0 Å². The third-order valence-electron chi connectivity index (χ3n) is 2.37. The van der Waals surface area contributed by atoms with Crippen molar-refractivity contribution in [2.75, 3.05) is 0 Å². The number of carbonyl (C=O) groups excluding carboxylic acids is 1. The SMILES string of the molecule is O=C(Cl)c1cccc(-c2ccc(F)cc2)c1F. The van der Waals surface area contributed by atoms with Crippen LogP contribution in [-0.2, 0) is 0 Å². The van der Waals surface area contributed by atoms with E-state index in [1.807, 2.05) is 0 Å². The van der Waals surface area contributed by atoms with E-state index < -0.39 is 16.9 Å². The molecule has 0 aliphatic heterocycles. The Hall–Kier alpha value is -1.74. The Morgan fingerprint density at radius 3 is 2.24 bits per heavy atom. The lowest BCUT2D eigenvalue weighted by atomic mass is 10.0. The maximum absolute atomic E-state index is 13.9. The summed E-state index contributed by atoms with van der Waals surface area (Å²) >= 11 is 5.25. The first-order valence-corrected chi connectivity index (χ1v) is 5.21. The van der Waals surface area contributed by atoms with Crippen molar-refractivity contribution in [3.63, 3.8) is 0 Å². The Labute approximate surface area is 102 Å². The van der Waals surface area contributed by atoms with Gasteiger partial charge in [-0.05, 0) is 35.4 Å². The van der Waals surface area contributed by atoms with Crippen molar-refractivity contribution in [1.29, 1.82) is 0 Å². The van der Waals surface area contributed by atoms with Crippen molar-refractivity contribution in [3.8, 4) is 11.1 Å². The predicted molar refractivity (Wildman–Crippen MR) is 62.0 cm³/mol. The maximum atomic E-state index is 13.9. The second-order valence-electron chi connectivity index (χ2n) is 3.45. The zero-order valence-electron chi connectivity index (χ0n) is 8.58. The molecule has 0 atom stereocenters. The summed E-state index contributed by atoms with van der Waals surface area (Å²) in [7, 11) is 0. The molecule has 4 heteroatoms. The van der Waals surface area contributed by atoms with Gasteiger partial charge in [0.05, 0.1) is 5.56 Å². The molecule has 1 nitrogen and oxygen atoms in total. The van der Waals surface area contributed by atoms with Gasteiger partial charge in [-0.25, -0.2) is 8.78 Å². The molecule has 0 bridgehead atoms. The van der Waals surface area contributed by atoms with E-state index in [-0.39, 0.29) is 11.1 Å². The van der Waals surface area contributed by atoms with Crippen molar-refractivity contribution in [2.45, 2.75) is 0 Å². The minimum absolute atomic E-state index is 0.187. The standard InChI is InChI=1S/C13H7ClF2O/c14-13(17)11-3-1-2-10(12(11)16)8-4-6-9(15)7-5-8/h1-7H. The monoisotopic (exact) mass is 252 g/mol. The first-order valence-electron chi connectivity index (χ1n) is 4.84. The first-order chi connectivity index (χ1) is 8.09. The molecular formula is C13H7ClF2O. The Balaban J connectivity index is 2.56. The largest absolute Gasteiger partial charge is 0.275 e. The van der Waals surface area contributed by atoms with Crippen LogP contribution in [-0.4, -0.2) is 5.24 Å². The molecule has 86 valence electrons. The molecule has 0 unspecified atom stereocenters. The van der Waals surface area contributed by atoms with Crippen LogP contribution < -0.4 is 0 Å². The average molecular weight is 253 g/mol. The summed E-state index contributed by atoms with van der Waals surface area (Å²) in [4.78, 5) is 11.0. The molecule has 17 heavy (non-hydrogen) atoms. The van der Waals surface area contributed by atoms with Gasteiger partial charge < -0.3 is 0 Å². The Bertz CT molecular complexity index is 564. The summed E-state index contributed by atoms with van der Waals surface area (Å²) in [6, 6.07) is 9.67. The Morgan fingerprint density at radius 1 is 1.00 bits per heavy atom. The predicted octanol–water partition coefficient (Wildman–Crippen LogP) is 4.01. The van der Waals surface area contributed by atoms with Gasteiger partial charge in [-0.1, -0.05) is 24.3 Å². The Kier molecular flexibility index (Phi) is 3.20. The maximum Gasteiger partial charge on any atom is 0.255 e. The third kappa shape index (κ3) is 2.34. The molecule has 2 rings (SSSR count). The van der Waals surface area contributed by atoms with Gasteiger partial charge in [0, 0.05) is 5.56 Å². The number of rotatable bonds is 2. The second-order valence-corrected chi connectivity index (χ2v) is 3.79. The van der Waals surface area contributed by atoms with Crippen LogP contribution in [0.3, 0.4) is 0 Å². The highest BCUT2D eigenvalue weighted by Crippen LogP contribution is 2.25. The minimum atomic E-state index is -0.855. The van der Waals surface area contributed by atoms with Gasteiger partial charge >= 0.3 is 0 Å². The molecule has 0 saturated carbocycles. The molecule has 0 saturated heterocycles. The molecule has 0 amide bonds. The quantitative estimate of drug-likeness (QED) is 0.738. The van der Waals surface area contributed by atoms with Crippen LogP contribution in [0.1, 0.15) is 10.4 Å². The van der Waals surface area contributed by atoms with Gasteiger partial charge in [-0.3, -0.25) is 4.79 Å². The van der Waals surface area contributed by atoms with Gasteiger partial charge in [0.25, 0.3) is 5.24 Å². The van der Waals surface area contributed by atoms with E-state index in [1.54, 1.807) is 0 Å². The fraction of sp³-hybridized carbons (Fsp3) is 0. The van der Waals surface area contributed by atoms with Crippen molar-refractivity contribution in [2.24, 2.45) is 0 Å². The fourth-order valence-electron chi connectivity index (χ4n) is 1.54. The van der Waals surface area contributed by atoms with Crippen molar-refractivity contribution in [3.05, 3.63) is 59.7 Å². The van der Waals surface area contributed by atoms with Crippen LogP contribution in [0.25, 0.3) is 11.1 Å². The normalized spacial score (nSPS) is 10.3. The van der Waals surface area contributed by atoms with Crippen LogP contribution in [0.2, 0.25) is 0 Å². The van der Waals surface area contributed by atoms with Crippen molar-refractivity contribution >= 4 is 16.8 Å². The fourth-order valence-corrected chi connectivity index (χ4v) is 1.68. The van der Waals surface area contributed by atoms with E-state index in [0.717, 1.165) is 0 Å². The second kappa shape index (κ2) is 4.63. The highest BCUT2D eigenvalue weighted by molar-refractivity contribution is 6.67. The lowest BCUT2D eigenvalue weighted by Gasteiger charge is -2.05. The van der Waals surface area contributed by atoms with Gasteiger partial charge in [0.1, 0.15) is 11.6 Å². The summed E-state index contributed by atoms with van der Waals surface area (Å²) in [6.45, 7) is 0. The van der Waals surface area contributed by atoms with Crippen molar-refractivity contribution < 1.29 is 13.6 Å². The lowest BCUT2D eigenvalue weighted by Crippen LogP contribution is -1.96. The first kappa shape index (κ1) is 11.7. The highest BCUT2D eigenvalue weighted by Gasteiger charge is 2.13. The third-order valence-corrected chi connectivity index (χ3v) is 2.57. The molecule has 0 heterocycles. The van der Waals surface area contributed by atoms with Gasteiger partial charge in [-0.15, -0.1) is 0 Å². The molecular weight excluding hydrogens is 246 g/mol. The zero-order chi connectivity index (χ0) is 12.4. The number of halogens is 3. The molecule has 0 radical (unpaired) electrons. The lowest BCUT2D eigenvalue weighted by molar-refractivity contribution is 0.107. The van der Waals surface area contributed by atoms with E-state index in [4.69, 9.17) is 11.6 Å². The number of carbonyl (C=O) groups is 1. The molecule has 2 aromatic carbocycles. The summed E-state index contributed by atoms with van der Waals surface area (Å²) in [5.41, 5.74) is 0.522. The van der Waals surface area contributed by atoms with Crippen LogP contribution >= 0.6 is 11.6 Å². The topological polar surface area (TPSA) is 17.1 Å². The van der Waals surface area contributed by atoms with E-state index in [9.17, 15) is 13.6 Å².